The molecule has 2 N–H and O–H groups in total. The number of carbonyl (C=O) groups excluding carboxylic acids is 1. The fourth-order valence-corrected chi connectivity index (χ4v) is 4.43. The maximum Gasteiger partial charge on any atom is 0.343 e. The number of esters is 1. The van der Waals surface area contributed by atoms with Crippen molar-refractivity contribution in [1.29, 1.82) is 0 Å². The zero-order valence-corrected chi connectivity index (χ0v) is 19.5. The molecule has 0 aromatic heterocycles. The van der Waals surface area contributed by atoms with Crippen molar-refractivity contribution in [2.75, 3.05) is 6.61 Å². The van der Waals surface area contributed by atoms with Crippen LogP contribution in [0.15, 0.2) is 0 Å². The summed E-state index contributed by atoms with van der Waals surface area (Å²) >= 11 is 5.97. The molecule has 0 saturated carbocycles. The van der Waals surface area contributed by atoms with Gasteiger partial charge in [-0.05, 0) is 74.2 Å². The molecule has 1 aromatic rings. The number of aromatic hydroxyl groups is 2. The lowest BCUT2D eigenvalue weighted by Gasteiger charge is -2.12. The van der Waals surface area contributed by atoms with Crippen LogP contribution in [-0.4, -0.2) is 22.8 Å². The van der Waals surface area contributed by atoms with Gasteiger partial charge >= 0.3 is 5.97 Å². The van der Waals surface area contributed by atoms with E-state index in [4.69, 9.17) is 4.74 Å². The number of hydrogen-bond acceptors (Lipinski definition) is 4. The number of carbonyl (C=O) groups is 1. The smallest absolute Gasteiger partial charge is 0.343 e. The number of halogens is 3. The van der Waals surface area contributed by atoms with Gasteiger partial charge in [-0.25, -0.2) is 4.79 Å². The normalized spacial score (nSPS) is 10.8. The van der Waals surface area contributed by atoms with Gasteiger partial charge in [-0.1, -0.05) is 45.4 Å². The lowest BCUT2D eigenvalue weighted by Crippen LogP contribution is -2.10. The lowest BCUT2D eigenvalue weighted by atomic mass is 10.1. The average molecular weight is 658 g/mol. The van der Waals surface area contributed by atoms with Gasteiger partial charge in [0.2, 0.25) is 0 Å². The highest BCUT2D eigenvalue weighted by atomic mass is 127. The molecule has 0 fully saturated rings. The van der Waals surface area contributed by atoms with Gasteiger partial charge in [-0.15, -0.1) is 0 Å². The first-order valence-electron chi connectivity index (χ1n) is 7.67. The first-order valence-corrected chi connectivity index (χ1v) is 10.9. The van der Waals surface area contributed by atoms with Crippen LogP contribution in [0.1, 0.15) is 62.2 Å². The second kappa shape index (κ2) is 11.2. The van der Waals surface area contributed by atoms with E-state index >= 15 is 0 Å². The van der Waals surface area contributed by atoms with Crippen molar-refractivity contribution in [3.63, 3.8) is 0 Å². The third-order valence-electron chi connectivity index (χ3n) is 3.46. The van der Waals surface area contributed by atoms with Crippen molar-refractivity contribution in [3.8, 4) is 11.5 Å². The van der Waals surface area contributed by atoms with Gasteiger partial charge in [0.15, 0.2) is 11.5 Å². The predicted molar refractivity (Wildman–Crippen MR) is 116 cm³/mol. The van der Waals surface area contributed by atoms with Crippen molar-refractivity contribution in [3.05, 3.63) is 16.3 Å². The van der Waals surface area contributed by atoms with E-state index in [9.17, 15) is 15.0 Å². The summed E-state index contributed by atoms with van der Waals surface area (Å²) in [5.74, 6) is -1.25. The molecule has 23 heavy (non-hydrogen) atoms. The summed E-state index contributed by atoms with van der Waals surface area (Å²) in [5, 5.41) is 19.9. The topological polar surface area (TPSA) is 66.8 Å². The number of benzene rings is 1. The highest BCUT2D eigenvalue weighted by molar-refractivity contribution is 14.1. The fourth-order valence-electron chi connectivity index (χ4n) is 2.12. The van der Waals surface area contributed by atoms with E-state index in [1.165, 1.54) is 25.7 Å². The number of hydrogen-bond donors (Lipinski definition) is 2. The molecule has 0 saturated heterocycles. The molecule has 0 unspecified atom stereocenters. The number of unbranched alkanes of at least 4 members (excludes halogenated alkanes) is 6. The first-order chi connectivity index (χ1) is 10.9. The van der Waals surface area contributed by atoms with Crippen LogP contribution in [0.5, 0.6) is 11.5 Å². The van der Waals surface area contributed by atoms with E-state index in [0.717, 1.165) is 22.8 Å². The van der Waals surface area contributed by atoms with E-state index < -0.39 is 11.7 Å². The number of ether oxygens (including phenoxy) is 1. The monoisotopic (exact) mass is 658 g/mol. The molecule has 0 aliphatic rings. The minimum atomic E-state index is -0.581. The van der Waals surface area contributed by atoms with Crippen LogP contribution >= 0.6 is 67.8 Å². The van der Waals surface area contributed by atoms with E-state index in [-0.39, 0.29) is 11.3 Å². The van der Waals surface area contributed by atoms with Gasteiger partial charge in [0.1, 0.15) is 5.56 Å². The minimum absolute atomic E-state index is 0.0517. The molecule has 130 valence electrons. The molecule has 0 radical (unpaired) electrons. The second-order valence-corrected chi connectivity index (χ2v) is 8.51. The third kappa shape index (κ3) is 6.37. The molecule has 1 aromatic carbocycles. The zero-order chi connectivity index (χ0) is 17.4. The van der Waals surface area contributed by atoms with E-state index in [2.05, 4.69) is 6.92 Å². The Hall–Kier alpha value is 0.480. The van der Waals surface area contributed by atoms with Gasteiger partial charge in [-0.3, -0.25) is 0 Å². The number of rotatable bonds is 9. The summed E-state index contributed by atoms with van der Waals surface area (Å²) in [6.45, 7) is 2.53. The van der Waals surface area contributed by atoms with Crippen molar-refractivity contribution < 1.29 is 19.7 Å². The Morgan fingerprint density at radius 1 is 0.870 bits per heavy atom. The molecule has 0 aliphatic carbocycles. The molecule has 0 amide bonds. The summed E-state index contributed by atoms with van der Waals surface area (Å²) in [6.07, 6.45) is 8.02. The van der Waals surface area contributed by atoms with Crippen LogP contribution in [0.3, 0.4) is 0 Å². The third-order valence-corrected chi connectivity index (χ3v) is 8.73. The lowest BCUT2D eigenvalue weighted by molar-refractivity contribution is 0.0492. The highest BCUT2D eigenvalue weighted by Gasteiger charge is 2.25. The Morgan fingerprint density at radius 2 is 1.43 bits per heavy atom. The van der Waals surface area contributed by atoms with Gasteiger partial charge in [0.25, 0.3) is 0 Å². The highest BCUT2D eigenvalue weighted by Crippen LogP contribution is 2.40. The largest absolute Gasteiger partial charge is 0.504 e. The summed E-state index contributed by atoms with van der Waals surface area (Å²) in [6, 6.07) is 0. The Morgan fingerprint density at radius 3 is 2.04 bits per heavy atom. The minimum Gasteiger partial charge on any atom is -0.504 e. The average Bonchev–Trinajstić information content (AvgIpc) is 2.53. The van der Waals surface area contributed by atoms with Gasteiger partial charge in [0, 0.05) is 7.14 Å². The van der Waals surface area contributed by atoms with Crippen LogP contribution in [0.2, 0.25) is 0 Å². The van der Waals surface area contributed by atoms with Crippen molar-refractivity contribution >= 4 is 73.7 Å². The predicted octanol–water partition coefficient (Wildman–Crippen LogP) is 5.82. The Labute approximate surface area is 178 Å². The standard InChI is InChI=1S/C16H21I3O4/c1-2-3-4-5-6-7-8-9-23-16(22)10-11(17)12(18)13(19)15(21)14(10)20/h20-21H,2-9H2,1H3. The molecule has 0 atom stereocenters. The summed E-state index contributed by atoms with van der Waals surface area (Å²) in [7, 11) is 0. The molecule has 7 heteroatoms. The Balaban J connectivity index is 2.50. The molecule has 0 spiro atoms. The molecular formula is C16H21I3O4. The summed E-state index contributed by atoms with van der Waals surface area (Å²) in [5.41, 5.74) is 0.0517. The van der Waals surface area contributed by atoms with Crippen LogP contribution < -0.4 is 0 Å². The number of phenolic OH excluding ortho intramolecular Hbond substituents is 2. The SMILES string of the molecule is CCCCCCCCCOC(=O)c1c(O)c(O)c(I)c(I)c1I. The molecule has 1 rings (SSSR count). The summed E-state index contributed by atoms with van der Waals surface area (Å²) in [4.78, 5) is 12.2. The Kier molecular flexibility index (Phi) is 10.4. The van der Waals surface area contributed by atoms with Gasteiger partial charge < -0.3 is 14.9 Å². The number of phenols is 2. The van der Waals surface area contributed by atoms with Crippen LogP contribution in [0.4, 0.5) is 0 Å². The zero-order valence-electron chi connectivity index (χ0n) is 13.0. The summed E-state index contributed by atoms with van der Waals surface area (Å²) < 4.78 is 7.12. The van der Waals surface area contributed by atoms with Crippen LogP contribution in [-0.2, 0) is 4.74 Å². The maximum atomic E-state index is 12.2. The van der Waals surface area contributed by atoms with E-state index in [1.807, 2.05) is 67.8 Å². The molecule has 0 heterocycles. The Bertz CT molecular complexity index is 518. The van der Waals surface area contributed by atoms with E-state index in [0.29, 0.717) is 13.7 Å². The van der Waals surface area contributed by atoms with Gasteiger partial charge in [0.05, 0.1) is 10.2 Å². The molecule has 0 aliphatic heterocycles. The molecular weight excluding hydrogens is 637 g/mol. The first kappa shape index (κ1) is 21.5. The molecule has 4 nitrogen and oxygen atoms in total. The van der Waals surface area contributed by atoms with Crippen LogP contribution in [0.25, 0.3) is 0 Å². The van der Waals surface area contributed by atoms with Crippen LogP contribution in [0, 0.1) is 10.7 Å². The van der Waals surface area contributed by atoms with E-state index in [1.54, 1.807) is 0 Å². The van der Waals surface area contributed by atoms with Crippen molar-refractivity contribution in [1.82, 2.24) is 0 Å². The second-order valence-electron chi connectivity index (χ2n) is 5.27. The molecule has 0 bridgehead atoms. The van der Waals surface area contributed by atoms with Gasteiger partial charge in [-0.2, -0.15) is 0 Å². The quantitative estimate of drug-likeness (QED) is 0.116. The van der Waals surface area contributed by atoms with Crippen molar-refractivity contribution in [2.45, 2.75) is 51.9 Å². The van der Waals surface area contributed by atoms with Crippen molar-refractivity contribution in [2.24, 2.45) is 0 Å². The fraction of sp³-hybridized carbons (Fsp3) is 0.562. The maximum absolute atomic E-state index is 12.2.